The Labute approximate surface area is 115 Å². The second-order valence-electron chi connectivity index (χ2n) is 5.38. The van der Waals surface area contributed by atoms with Crippen LogP contribution in [0, 0.1) is 0 Å². The maximum Gasteiger partial charge on any atom is 0.411 e. The van der Waals surface area contributed by atoms with E-state index in [1.54, 1.807) is 0 Å². The van der Waals surface area contributed by atoms with Crippen molar-refractivity contribution in [3.63, 3.8) is 0 Å². The predicted octanol–water partition coefficient (Wildman–Crippen LogP) is 1.99. The van der Waals surface area contributed by atoms with Crippen LogP contribution in [0.2, 0.25) is 0 Å². The van der Waals surface area contributed by atoms with E-state index in [1.165, 1.54) is 5.69 Å². The summed E-state index contributed by atoms with van der Waals surface area (Å²) >= 11 is 0. The molecule has 0 aromatic carbocycles. The minimum absolute atomic E-state index is 0.0788. The van der Waals surface area contributed by atoms with Crippen molar-refractivity contribution in [2.45, 2.75) is 44.4 Å². The fourth-order valence-electron chi connectivity index (χ4n) is 2.64. The van der Waals surface area contributed by atoms with E-state index in [1.807, 2.05) is 0 Å². The number of rotatable bonds is 5. The molecule has 1 aromatic rings. The molecule has 112 valence electrons. The van der Waals surface area contributed by atoms with E-state index in [-0.39, 0.29) is 6.61 Å². The van der Waals surface area contributed by atoms with Gasteiger partial charge in [0.25, 0.3) is 0 Å². The topological polar surface area (TPSA) is 39.1 Å². The Morgan fingerprint density at radius 1 is 1.35 bits per heavy atom. The molecule has 3 rings (SSSR count). The van der Waals surface area contributed by atoms with E-state index in [4.69, 9.17) is 4.74 Å². The first-order chi connectivity index (χ1) is 9.54. The summed E-state index contributed by atoms with van der Waals surface area (Å²) in [5.74, 6) is 1.53. The zero-order chi connectivity index (χ0) is 14.2. The number of halogens is 3. The van der Waals surface area contributed by atoms with Gasteiger partial charge in [0.15, 0.2) is 0 Å². The summed E-state index contributed by atoms with van der Waals surface area (Å²) in [6.45, 7) is 1.02. The van der Waals surface area contributed by atoms with Crippen molar-refractivity contribution in [2.24, 2.45) is 0 Å². The minimum atomic E-state index is -4.25. The van der Waals surface area contributed by atoms with E-state index in [0.717, 1.165) is 43.9 Å². The molecule has 0 spiro atoms. The highest BCUT2D eigenvalue weighted by molar-refractivity contribution is 5.24. The van der Waals surface area contributed by atoms with Gasteiger partial charge in [-0.25, -0.2) is 4.98 Å². The van der Waals surface area contributed by atoms with Crippen LogP contribution >= 0.6 is 0 Å². The van der Waals surface area contributed by atoms with Crippen molar-refractivity contribution < 1.29 is 17.9 Å². The molecule has 1 aliphatic carbocycles. The normalized spacial score (nSPS) is 19.1. The SMILES string of the molecule is FC(F)(F)COCCn1c(C2CC2)nc2c1CCNC2. The monoisotopic (exact) mass is 289 g/mol. The van der Waals surface area contributed by atoms with E-state index in [9.17, 15) is 13.2 Å². The number of imidazole rings is 1. The molecule has 2 heterocycles. The third kappa shape index (κ3) is 3.15. The lowest BCUT2D eigenvalue weighted by Gasteiger charge is -2.16. The molecule has 0 unspecified atom stereocenters. The fraction of sp³-hybridized carbons (Fsp3) is 0.769. The van der Waals surface area contributed by atoms with Gasteiger partial charge in [-0.15, -0.1) is 0 Å². The molecule has 4 nitrogen and oxygen atoms in total. The maximum absolute atomic E-state index is 12.1. The second kappa shape index (κ2) is 5.37. The molecule has 0 radical (unpaired) electrons. The van der Waals surface area contributed by atoms with Gasteiger partial charge in [-0.3, -0.25) is 0 Å². The number of alkyl halides is 3. The molecule has 0 atom stereocenters. The molecule has 1 aromatic heterocycles. The quantitative estimate of drug-likeness (QED) is 0.843. The average Bonchev–Trinajstić information content (AvgIpc) is 3.16. The summed E-state index contributed by atoms with van der Waals surface area (Å²) < 4.78 is 43.0. The second-order valence-corrected chi connectivity index (χ2v) is 5.38. The number of fused-ring (bicyclic) bond motifs is 1. The first-order valence-electron chi connectivity index (χ1n) is 6.98. The van der Waals surface area contributed by atoms with Crippen LogP contribution in [0.15, 0.2) is 0 Å². The lowest BCUT2D eigenvalue weighted by molar-refractivity contribution is -0.174. The van der Waals surface area contributed by atoms with Crippen molar-refractivity contribution >= 4 is 0 Å². The third-order valence-electron chi connectivity index (χ3n) is 3.68. The first-order valence-corrected chi connectivity index (χ1v) is 6.98. The van der Waals surface area contributed by atoms with Gasteiger partial charge in [-0.2, -0.15) is 13.2 Å². The molecular formula is C13H18F3N3O. The molecular weight excluding hydrogens is 271 g/mol. The van der Waals surface area contributed by atoms with E-state index in [0.29, 0.717) is 12.5 Å². The van der Waals surface area contributed by atoms with Crippen LogP contribution in [0.4, 0.5) is 13.2 Å². The number of nitrogens with one attached hydrogen (secondary N) is 1. The fourth-order valence-corrected chi connectivity index (χ4v) is 2.64. The minimum Gasteiger partial charge on any atom is -0.370 e. The number of hydrogen-bond acceptors (Lipinski definition) is 3. The Morgan fingerprint density at radius 3 is 2.85 bits per heavy atom. The predicted molar refractivity (Wildman–Crippen MR) is 66.5 cm³/mol. The van der Waals surface area contributed by atoms with Crippen LogP contribution in [0.1, 0.15) is 36.0 Å². The van der Waals surface area contributed by atoms with Gasteiger partial charge in [-0.1, -0.05) is 0 Å². The maximum atomic E-state index is 12.1. The summed E-state index contributed by atoms with van der Waals surface area (Å²) in [5, 5.41) is 3.27. The van der Waals surface area contributed by atoms with Crippen molar-refractivity contribution in [1.29, 1.82) is 0 Å². The summed E-state index contributed by atoms with van der Waals surface area (Å²) in [5.41, 5.74) is 2.22. The van der Waals surface area contributed by atoms with Gasteiger partial charge in [0, 0.05) is 37.7 Å². The summed E-state index contributed by atoms with van der Waals surface area (Å²) in [4.78, 5) is 4.66. The zero-order valence-corrected chi connectivity index (χ0v) is 11.2. The number of nitrogens with zero attached hydrogens (tertiary/aromatic N) is 2. The Morgan fingerprint density at radius 2 is 2.15 bits per heavy atom. The Kier molecular flexibility index (Phi) is 3.72. The van der Waals surface area contributed by atoms with Crippen LogP contribution < -0.4 is 5.32 Å². The summed E-state index contributed by atoms with van der Waals surface area (Å²) in [6.07, 6.45) is -1.11. The van der Waals surface area contributed by atoms with Crippen LogP contribution in [-0.4, -0.2) is 35.5 Å². The van der Waals surface area contributed by atoms with Crippen LogP contribution in [-0.2, 0) is 24.2 Å². The molecule has 7 heteroatoms. The zero-order valence-electron chi connectivity index (χ0n) is 11.2. The average molecular weight is 289 g/mol. The van der Waals surface area contributed by atoms with Gasteiger partial charge in [-0.05, 0) is 12.8 Å². The van der Waals surface area contributed by atoms with Crippen LogP contribution in [0.25, 0.3) is 0 Å². The van der Waals surface area contributed by atoms with E-state index >= 15 is 0 Å². The molecule has 0 saturated heterocycles. The molecule has 20 heavy (non-hydrogen) atoms. The Balaban J connectivity index is 1.66. The van der Waals surface area contributed by atoms with Gasteiger partial charge >= 0.3 is 6.18 Å². The van der Waals surface area contributed by atoms with Gasteiger partial charge < -0.3 is 14.6 Å². The number of ether oxygens (including phenoxy) is 1. The molecule has 0 bridgehead atoms. The number of hydrogen-bond donors (Lipinski definition) is 1. The smallest absolute Gasteiger partial charge is 0.370 e. The van der Waals surface area contributed by atoms with Crippen molar-refractivity contribution in [3.8, 4) is 0 Å². The summed E-state index contributed by atoms with van der Waals surface area (Å²) in [6, 6.07) is 0. The number of aromatic nitrogens is 2. The van der Waals surface area contributed by atoms with Crippen LogP contribution in [0.5, 0.6) is 0 Å². The highest BCUT2D eigenvalue weighted by atomic mass is 19.4. The molecule has 1 aliphatic heterocycles. The standard InChI is InChI=1S/C13H18F3N3O/c14-13(15,16)8-20-6-5-19-11-3-4-17-7-10(11)18-12(19)9-1-2-9/h9,17H,1-8H2. The summed E-state index contributed by atoms with van der Waals surface area (Å²) in [7, 11) is 0. The van der Waals surface area contributed by atoms with Crippen molar-refractivity contribution in [2.75, 3.05) is 19.8 Å². The largest absolute Gasteiger partial charge is 0.411 e. The molecule has 1 fully saturated rings. The molecule has 1 N–H and O–H groups in total. The van der Waals surface area contributed by atoms with Gasteiger partial charge in [0.1, 0.15) is 12.4 Å². The Hall–Kier alpha value is -1.08. The first kappa shape index (κ1) is 13.9. The highest BCUT2D eigenvalue weighted by Crippen LogP contribution is 2.40. The van der Waals surface area contributed by atoms with E-state index in [2.05, 4.69) is 14.9 Å². The Bertz CT molecular complexity index is 480. The lowest BCUT2D eigenvalue weighted by Crippen LogP contribution is -2.26. The lowest BCUT2D eigenvalue weighted by atomic mass is 10.2. The molecule has 1 saturated carbocycles. The van der Waals surface area contributed by atoms with Crippen molar-refractivity contribution in [3.05, 3.63) is 17.2 Å². The molecule has 2 aliphatic rings. The van der Waals surface area contributed by atoms with Gasteiger partial charge in [0.05, 0.1) is 12.3 Å². The van der Waals surface area contributed by atoms with Crippen molar-refractivity contribution in [1.82, 2.24) is 14.9 Å². The highest BCUT2D eigenvalue weighted by Gasteiger charge is 2.32. The van der Waals surface area contributed by atoms with E-state index < -0.39 is 12.8 Å². The van der Waals surface area contributed by atoms with Gasteiger partial charge in [0.2, 0.25) is 0 Å². The molecule has 0 amide bonds. The van der Waals surface area contributed by atoms with Crippen LogP contribution in [0.3, 0.4) is 0 Å². The third-order valence-corrected chi connectivity index (χ3v) is 3.68.